The number of cyclic esters (lactones) is 1. The van der Waals surface area contributed by atoms with Crippen LogP contribution >= 0.6 is 0 Å². The number of ketones is 1. The third kappa shape index (κ3) is 1.86. The molecule has 25 heavy (non-hydrogen) atoms. The first-order chi connectivity index (χ1) is 12.1. The van der Waals surface area contributed by atoms with Gasteiger partial charge in [-0.25, -0.2) is 0 Å². The van der Waals surface area contributed by atoms with Crippen molar-refractivity contribution >= 4 is 17.7 Å². The lowest BCUT2D eigenvalue weighted by Crippen LogP contribution is -2.32. The molecule has 5 nitrogen and oxygen atoms in total. The Hall–Kier alpha value is -2.95. The van der Waals surface area contributed by atoms with E-state index < -0.39 is 28.9 Å². The van der Waals surface area contributed by atoms with Gasteiger partial charge in [0.05, 0.1) is 7.11 Å². The van der Waals surface area contributed by atoms with Crippen LogP contribution in [0.4, 0.5) is 0 Å². The van der Waals surface area contributed by atoms with Crippen LogP contribution in [0.25, 0.3) is 0 Å². The third-order valence-electron chi connectivity index (χ3n) is 5.28. The standard InChI is InChI=1S/C20H16O5/c1-24-17(22)20-12-19(20,15(21)13-8-4-2-5-9-13)18(23)25-16(20)14-10-6-3-7-11-14/h2-11,16H,12H2,1H3/t16-,19+,20+/m1/s1. The lowest BCUT2D eigenvalue weighted by molar-refractivity contribution is -0.153. The zero-order valence-corrected chi connectivity index (χ0v) is 13.6. The van der Waals surface area contributed by atoms with Crippen LogP contribution in [-0.4, -0.2) is 24.8 Å². The molecule has 1 aliphatic heterocycles. The third-order valence-corrected chi connectivity index (χ3v) is 5.28. The second-order valence-electron chi connectivity index (χ2n) is 6.44. The van der Waals surface area contributed by atoms with Crippen LogP contribution in [0, 0.1) is 10.8 Å². The number of rotatable bonds is 4. The fourth-order valence-electron chi connectivity index (χ4n) is 3.98. The van der Waals surface area contributed by atoms with Crippen molar-refractivity contribution in [2.24, 2.45) is 10.8 Å². The summed E-state index contributed by atoms with van der Waals surface area (Å²) in [6.07, 6.45) is -0.708. The molecule has 1 heterocycles. The summed E-state index contributed by atoms with van der Waals surface area (Å²) in [5.74, 6) is -1.63. The molecule has 126 valence electrons. The molecule has 0 aromatic heterocycles. The Kier molecular flexibility index (Phi) is 3.29. The van der Waals surface area contributed by atoms with E-state index in [1.54, 1.807) is 54.6 Å². The highest BCUT2D eigenvalue weighted by atomic mass is 16.6. The van der Waals surface area contributed by atoms with Gasteiger partial charge >= 0.3 is 11.9 Å². The van der Waals surface area contributed by atoms with Crippen molar-refractivity contribution < 1.29 is 23.9 Å². The highest BCUT2D eigenvalue weighted by Gasteiger charge is 2.89. The van der Waals surface area contributed by atoms with Gasteiger partial charge in [-0.3, -0.25) is 14.4 Å². The molecule has 1 saturated heterocycles. The average Bonchev–Trinajstić information content (AvgIpc) is 3.32. The second kappa shape index (κ2) is 5.28. The summed E-state index contributed by atoms with van der Waals surface area (Å²) < 4.78 is 10.5. The van der Waals surface area contributed by atoms with Gasteiger partial charge in [-0.15, -0.1) is 0 Å². The molecule has 0 N–H and O–H groups in total. The van der Waals surface area contributed by atoms with E-state index in [9.17, 15) is 14.4 Å². The van der Waals surface area contributed by atoms with E-state index in [4.69, 9.17) is 9.47 Å². The summed E-state index contributed by atoms with van der Waals surface area (Å²) in [4.78, 5) is 38.5. The molecule has 2 aromatic carbocycles. The van der Waals surface area contributed by atoms with Gasteiger partial charge in [-0.05, 0) is 12.0 Å². The predicted octanol–water partition coefficient (Wildman–Crippen LogP) is 2.72. The summed E-state index contributed by atoms with van der Waals surface area (Å²) in [7, 11) is 1.26. The molecule has 4 rings (SSSR count). The van der Waals surface area contributed by atoms with Crippen LogP contribution in [0.1, 0.15) is 28.4 Å². The van der Waals surface area contributed by atoms with Crippen molar-refractivity contribution in [3.05, 3.63) is 71.8 Å². The van der Waals surface area contributed by atoms with Gasteiger partial charge in [0.25, 0.3) is 0 Å². The molecule has 2 aromatic rings. The second-order valence-corrected chi connectivity index (χ2v) is 6.44. The molecule has 1 saturated carbocycles. The maximum Gasteiger partial charge on any atom is 0.322 e. The summed E-state index contributed by atoms with van der Waals surface area (Å²) >= 11 is 0. The Labute approximate surface area is 144 Å². The van der Waals surface area contributed by atoms with E-state index in [2.05, 4.69) is 0 Å². The molecule has 0 bridgehead atoms. The Balaban J connectivity index is 1.83. The zero-order chi connectivity index (χ0) is 17.7. The molecule has 0 spiro atoms. The number of Topliss-reactive ketones (excluding diaryl/α,β-unsaturated/α-hetero) is 1. The average molecular weight is 336 g/mol. The van der Waals surface area contributed by atoms with Gasteiger partial charge in [0.15, 0.2) is 11.2 Å². The monoisotopic (exact) mass is 336 g/mol. The van der Waals surface area contributed by atoms with E-state index in [1.807, 2.05) is 6.07 Å². The molecular weight excluding hydrogens is 320 g/mol. The first-order valence-corrected chi connectivity index (χ1v) is 8.02. The van der Waals surface area contributed by atoms with Crippen LogP contribution in [0.5, 0.6) is 0 Å². The van der Waals surface area contributed by atoms with Crippen molar-refractivity contribution in [1.29, 1.82) is 0 Å². The van der Waals surface area contributed by atoms with Gasteiger partial charge in [-0.2, -0.15) is 0 Å². The predicted molar refractivity (Wildman–Crippen MR) is 87.5 cm³/mol. The van der Waals surface area contributed by atoms with E-state index >= 15 is 0 Å². The Morgan fingerprint density at radius 1 is 1.04 bits per heavy atom. The molecule has 5 heteroatoms. The number of benzene rings is 2. The molecule has 0 amide bonds. The lowest BCUT2D eigenvalue weighted by Gasteiger charge is -2.20. The van der Waals surface area contributed by atoms with E-state index in [0.717, 1.165) is 0 Å². The van der Waals surface area contributed by atoms with E-state index in [1.165, 1.54) is 7.11 Å². The van der Waals surface area contributed by atoms with Gasteiger partial charge < -0.3 is 9.47 Å². The molecule has 1 aliphatic carbocycles. The Morgan fingerprint density at radius 3 is 2.24 bits per heavy atom. The highest BCUT2D eigenvalue weighted by molar-refractivity contribution is 6.21. The largest absolute Gasteiger partial charge is 0.468 e. The number of carbonyl (C=O) groups excluding carboxylic acids is 3. The van der Waals surface area contributed by atoms with Gasteiger partial charge in [0, 0.05) is 5.56 Å². The quantitative estimate of drug-likeness (QED) is 0.488. The Morgan fingerprint density at radius 2 is 1.64 bits per heavy atom. The van der Waals surface area contributed by atoms with Crippen molar-refractivity contribution in [2.45, 2.75) is 12.5 Å². The van der Waals surface area contributed by atoms with Crippen molar-refractivity contribution in [3.63, 3.8) is 0 Å². The minimum atomic E-state index is -1.50. The maximum atomic E-state index is 13.1. The smallest absolute Gasteiger partial charge is 0.322 e. The zero-order valence-electron chi connectivity index (χ0n) is 13.6. The van der Waals surface area contributed by atoms with Crippen LogP contribution in [0.2, 0.25) is 0 Å². The van der Waals surface area contributed by atoms with Crippen LogP contribution in [-0.2, 0) is 19.1 Å². The summed E-state index contributed by atoms with van der Waals surface area (Å²) in [6.45, 7) is 0. The van der Waals surface area contributed by atoms with Crippen molar-refractivity contribution in [2.75, 3.05) is 7.11 Å². The molecule has 0 radical (unpaired) electrons. The summed E-state index contributed by atoms with van der Waals surface area (Å²) in [5.41, 5.74) is -1.73. The minimum absolute atomic E-state index is 0.110. The first kappa shape index (κ1) is 15.6. The molecule has 2 fully saturated rings. The summed E-state index contributed by atoms with van der Waals surface area (Å²) in [5, 5.41) is 0. The normalized spacial score (nSPS) is 29.5. The van der Waals surface area contributed by atoms with Gasteiger partial charge in [-0.1, -0.05) is 60.7 Å². The Bertz CT molecular complexity index is 860. The first-order valence-electron chi connectivity index (χ1n) is 8.02. The lowest BCUT2D eigenvalue weighted by atomic mass is 9.82. The fraction of sp³-hybridized carbons (Fsp3) is 0.250. The van der Waals surface area contributed by atoms with Crippen LogP contribution in [0.3, 0.4) is 0 Å². The number of ether oxygens (including phenoxy) is 2. The molecule has 3 atom stereocenters. The molecule has 2 aliphatic rings. The number of fused-ring (bicyclic) bond motifs is 1. The van der Waals surface area contributed by atoms with E-state index in [-0.39, 0.29) is 12.2 Å². The maximum absolute atomic E-state index is 13.1. The molecular formula is C20H16O5. The number of hydrogen-bond acceptors (Lipinski definition) is 5. The SMILES string of the molecule is COC(=O)[C@@]12C[C@]1(C(=O)c1ccccc1)C(=O)O[C@@H]2c1ccccc1. The topological polar surface area (TPSA) is 69.7 Å². The fourth-order valence-corrected chi connectivity index (χ4v) is 3.98. The number of methoxy groups -OCH3 is 1. The molecule has 0 unspecified atom stereocenters. The van der Waals surface area contributed by atoms with Crippen molar-refractivity contribution in [3.8, 4) is 0 Å². The number of esters is 2. The van der Waals surface area contributed by atoms with Gasteiger partial charge in [0.1, 0.15) is 11.5 Å². The van der Waals surface area contributed by atoms with Crippen LogP contribution < -0.4 is 0 Å². The number of hydrogen-bond donors (Lipinski definition) is 0. The summed E-state index contributed by atoms with van der Waals surface area (Å²) in [6, 6.07) is 17.5. The highest BCUT2D eigenvalue weighted by Crippen LogP contribution is 2.76. The minimum Gasteiger partial charge on any atom is -0.468 e. The number of carbonyl (C=O) groups is 3. The van der Waals surface area contributed by atoms with E-state index in [0.29, 0.717) is 11.1 Å². The van der Waals surface area contributed by atoms with Crippen LogP contribution in [0.15, 0.2) is 60.7 Å². The van der Waals surface area contributed by atoms with Gasteiger partial charge in [0.2, 0.25) is 0 Å². The van der Waals surface area contributed by atoms with Crippen molar-refractivity contribution in [1.82, 2.24) is 0 Å².